The van der Waals surface area contributed by atoms with Gasteiger partial charge in [-0.05, 0) is 35.4 Å². The lowest BCUT2D eigenvalue weighted by molar-refractivity contribution is -0.358. The molecule has 122 valence electrons. The molecule has 3 aromatic carbocycles. The van der Waals surface area contributed by atoms with Crippen LogP contribution in [0.25, 0.3) is 11.1 Å². The molecule has 0 fully saturated rings. The first-order chi connectivity index (χ1) is 12.1. The second kappa shape index (κ2) is 5.83. The summed E-state index contributed by atoms with van der Waals surface area (Å²) in [5, 5.41) is 12.6. The summed E-state index contributed by atoms with van der Waals surface area (Å²) in [6.45, 7) is 0. The first kappa shape index (κ1) is 15.5. The van der Waals surface area contributed by atoms with Crippen molar-refractivity contribution in [1.29, 1.82) is 0 Å². The predicted octanol–water partition coefficient (Wildman–Crippen LogP) is 4.97. The third kappa shape index (κ3) is 2.51. The lowest BCUT2D eigenvalue weighted by Crippen LogP contribution is -2.16. The van der Waals surface area contributed by atoms with Crippen LogP contribution in [-0.4, -0.2) is 16.2 Å². The minimum Gasteiger partial charge on any atom is -0.618 e. The van der Waals surface area contributed by atoms with Crippen molar-refractivity contribution >= 4 is 28.8 Å². The molecule has 0 aliphatic carbocycles. The van der Waals surface area contributed by atoms with Crippen molar-refractivity contribution in [2.75, 3.05) is 0 Å². The van der Waals surface area contributed by atoms with Crippen molar-refractivity contribution in [2.24, 2.45) is 0 Å². The summed E-state index contributed by atoms with van der Waals surface area (Å²) < 4.78 is 14.4. The molecule has 0 saturated carbocycles. The second-order valence-electron chi connectivity index (χ2n) is 5.70. The number of rotatable bonds is 2. The molecular formula is C20H11ClFNO2. The highest BCUT2D eigenvalue weighted by molar-refractivity contribution is 6.52. The fourth-order valence-electron chi connectivity index (χ4n) is 2.98. The fourth-order valence-corrected chi connectivity index (χ4v) is 3.18. The van der Waals surface area contributed by atoms with Gasteiger partial charge in [0.05, 0.1) is 5.56 Å². The highest BCUT2D eigenvalue weighted by Gasteiger charge is 2.39. The Hall–Kier alpha value is -2.98. The summed E-state index contributed by atoms with van der Waals surface area (Å²) in [6.07, 6.45) is 0. The molecule has 1 heterocycles. The van der Waals surface area contributed by atoms with Gasteiger partial charge in [0, 0.05) is 5.02 Å². The van der Waals surface area contributed by atoms with E-state index in [1.54, 1.807) is 12.1 Å². The number of nitrogens with zero attached hydrogens (tertiary/aromatic N) is 1. The third-order valence-electron chi connectivity index (χ3n) is 4.16. The van der Waals surface area contributed by atoms with Gasteiger partial charge < -0.3 is 5.21 Å². The van der Waals surface area contributed by atoms with E-state index in [1.165, 1.54) is 6.07 Å². The van der Waals surface area contributed by atoms with Crippen molar-refractivity contribution in [2.45, 2.75) is 0 Å². The summed E-state index contributed by atoms with van der Waals surface area (Å²) in [6, 6.07) is 19.1. The number of hydrogen-bond donors (Lipinski definition) is 0. The first-order valence-corrected chi connectivity index (χ1v) is 7.98. The average Bonchev–Trinajstić information content (AvgIpc) is 2.87. The van der Waals surface area contributed by atoms with Crippen LogP contribution in [0.3, 0.4) is 0 Å². The number of halogens is 2. The number of benzene rings is 3. The van der Waals surface area contributed by atoms with Crippen LogP contribution in [0.1, 0.15) is 15.9 Å². The Kier molecular flexibility index (Phi) is 3.62. The van der Waals surface area contributed by atoms with Crippen LogP contribution in [0.15, 0.2) is 66.7 Å². The van der Waals surface area contributed by atoms with Gasteiger partial charge in [-0.1, -0.05) is 54.1 Å². The van der Waals surface area contributed by atoms with E-state index in [-0.39, 0.29) is 22.0 Å². The molecule has 3 nitrogen and oxygen atoms in total. The van der Waals surface area contributed by atoms with Gasteiger partial charge in [0.25, 0.3) is 17.2 Å². The molecule has 3 aromatic rings. The van der Waals surface area contributed by atoms with Gasteiger partial charge >= 0.3 is 0 Å². The minimum atomic E-state index is -0.804. The van der Waals surface area contributed by atoms with E-state index in [0.29, 0.717) is 10.3 Å². The molecule has 0 saturated heterocycles. The van der Waals surface area contributed by atoms with Gasteiger partial charge in [0.2, 0.25) is 0 Å². The van der Waals surface area contributed by atoms with E-state index >= 15 is 0 Å². The zero-order valence-corrected chi connectivity index (χ0v) is 13.6. The Balaban J connectivity index is 1.78. The molecule has 1 aliphatic rings. The summed E-state index contributed by atoms with van der Waals surface area (Å²) in [4.78, 5) is 12.6. The second-order valence-corrected chi connectivity index (χ2v) is 6.14. The zero-order chi connectivity index (χ0) is 17.6. The Morgan fingerprint density at radius 3 is 2.16 bits per heavy atom. The Morgan fingerprint density at radius 1 is 0.880 bits per heavy atom. The smallest absolute Gasteiger partial charge is 0.273 e. The summed E-state index contributed by atoms with van der Waals surface area (Å²) in [7, 11) is 0. The maximum absolute atomic E-state index is 14.1. The molecule has 25 heavy (non-hydrogen) atoms. The predicted molar refractivity (Wildman–Crippen MR) is 95.0 cm³/mol. The van der Waals surface area contributed by atoms with Gasteiger partial charge in [-0.15, -0.1) is 0 Å². The van der Waals surface area contributed by atoms with E-state index in [2.05, 4.69) is 0 Å². The molecule has 4 rings (SSSR count). The third-order valence-corrected chi connectivity index (χ3v) is 4.38. The van der Waals surface area contributed by atoms with Crippen LogP contribution in [-0.2, 0) is 0 Å². The maximum Gasteiger partial charge on any atom is 0.273 e. The SMILES string of the molecule is O=C1C(c2ccc(-c3ccccc3)cc2)=[N+]([O-])c2c(F)cc(Cl)cc21. The van der Waals surface area contributed by atoms with Gasteiger partial charge in [-0.3, -0.25) is 4.79 Å². The van der Waals surface area contributed by atoms with E-state index in [4.69, 9.17) is 11.6 Å². The molecule has 0 unspecified atom stereocenters. The van der Waals surface area contributed by atoms with Crippen LogP contribution in [0, 0.1) is 11.0 Å². The van der Waals surface area contributed by atoms with Crippen LogP contribution in [0.4, 0.5) is 10.1 Å². The number of hydrogen-bond acceptors (Lipinski definition) is 2. The Labute approximate surface area is 148 Å². The van der Waals surface area contributed by atoms with Crippen molar-refractivity contribution in [1.82, 2.24) is 0 Å². The molecule has 0 N–H and O–H groups in total. The van der Waals surface area contributed by atoms with E-state index in [0.717, 1.165) is 17.2 Å². The van der Waals surface area contributed by atoms with Gasteiger partial charge in [-0.2, -0.15) is 9.13 Å². The molecule has 0 aromatic heterocycles. The normalized spacial score (nSPS) is 13.3. The van der Waals surface area contributed by atoms with E-state index < -0.39 is 11.6 Å². The fraction of sp³-hybridized carbons (Fsp3) is 0. The zero-order valence-electron chi connectivity index (χ0n) is 12.9. The summed E-state index contributed by atoms with van der Waals surface area (Å²) >= 11 is 5.80. The number of fused-ring (bicyclic) bond motifs is 1. The molecule has 5 heteroatoms. The first-order valence-electron chi connectivity index (χ1n) is 7.60. The topological polar surface area (TPSA) is 43.1 Å². The Morgan fingerprint density at radius 2 is 1.48 bits per heavy atom. The quantitative estimate of drug-likeness (QED) is 0.483. The molecule has 0 spiro atoms. The lowest BCUT2D eigenvalue weighted by Gasteiger charge is -2.05. The molecule has 0 radical (unpaired) electrons. The van der Waals surface area contributed by atoms with Gasteiger partial charge in [-0.25, -0.2) is 0 Å². The Bertz CT molecular complexity index is 1030. The lowest BCUT2D eigenvalue weighted by atomic mass is 9.99. The maximum atomic E-state index is 14.1. The van der Waals surface area contributed by atoms with E-state index in [1.807, 2.05) is 42.5 Å². The van der Waals surface area contributed by atoms with E-state index in [9.17, 15) is 14.4 Å². The number of carbonyl (C=O) groups excluding carboxylic acids is 1. The van der Waals surface area contributed by atoms with Gasteiger partial charge in [0.1, 0.15) is 5.56 Å². The molecule has 1 aliphatic heterocycles. The number of Topliss-reactive ketones (excluding diaryl/α,β-unsaturated/α-hetero) is 1. The number of carbonyl (C=O) groups is 1. The monoisotopic (exact) mass is 351 g/mol. The van der Waals surface area contributed by atoms with Crippen molar-refractivity contribution in [3.8, 4) is 11.1 Å². The standard InChI is InChI=1S/C20H11ClFNO2/c21-15-10-16-19(17(22)11-15)23(25)18(20(16)24)14-8-6-13(7-9-14)12-4-2-1-3-5-12/h1-11H. The van der Waals surface area contributed by atoms with Crippen molar-refractivity contribution in [3.63, 3.8) is 0 Å². The van der Waals surface area contributed by atoms with Crippen LogP contribution in [0.2, 0.25) is 5.02 Å². The molecule has 0 atom stereocenters. The highest BCUT2D eigenvalue weighted by atomic mass is 35.5. The molecule has 0 amide bonds. The number of ketones is 1. The van der Waals surface area contributed by atoms with Crippen molar-refractivity contribution < 1.29 is 13.9 Å². The largest absolute Gasteiger partial charge is 0.618 e. The van der Waals surface area contributed by atoms with Gasteiger partial charge in [0.15, 0.2) is 5.82 Å². The van der Waals surface area contributed by atoms with Crippen LogP contribution in [0.5, 0.6) is 0 Å². The summed E-state index contributed by atoms with van der Waals surface area (Å²) in [5.41, 5.74) is 2.03. The van der Waals surface area contributed by atoms with Crippen LogP contribution >= 0.6 is 11.6 Å². The van der Waals surface area contributed by atoms with Crippen molar-refractivity contribution in [3.05, 3.63) is 93.9 Å². The molecular weight excluding hydrogens is 341 g/mol. The van der Waals surface area contributed by atoms with Crippen LogP contribution < -0.4 is 0 Å². The molecule has 0 bridgehead atoms. The summed E-state index contributed by atoms with van der Waals surface area (Å²) in [5.74, 6) is -1.33. The average molecular weight is 352 g/mol. The minimum absolute atomic E-state index is 0.0119. The highest BCUT2D eigenvalue weighted by Crippen LogP contribution is 2.33.